The largest absolute Gasteiger partial charge is 0.408 e. The Bertz CT molecular complexity index is 1050. The summed E-state index contributed by atoms with van der Waals surface area (Å²) in [5.74, 6) is -0.183. The van der Waals surface area contributed by atoms with Crippen molar-refractivity contribution in [1.29, 1.82) is 0 Å². The smallest absolute Gasteiger partial charge is 0.322 e. The number of anilines is 1. The zero-order valence-corrected chi connectivity index (χ0v) is 16.9. The highest BCUT2D eigenvalue weighted by molar-refractivity contribution is 7.99. The van der Waals surface area contributed by atoms with Crippen molar-refractivity contribution in [3.63, 3.8) is 0 Å². The predicted octanol–water partition coefficient (Wildman–Crippen LogP) is 3.35. The van der Waals surface area contributed by atoms with Crippen LogP contribution in [0.4, 0.5) is 10.4 Å². The lowest BCUT2D eigenvalue weighted by Gasteiger charge is -2.02. The van der Waals surface area contributed by atoms with Crippen molar-refractivity contribution in [3.05, 3.63) is 66.3 Å². The van der Waals surface area contributed by atoms with Gasteiger partial charge in [0.1, 0.15) is 5.82 Å². The SMILES string of the molecule is O=C(CCSc1ccc(F)cc1)Nc1nnc(CCS(=O)(=O)c2ccccc2)o1. The van der Waals surface area contributed by atoms with Crippen LogP contribution in [0.1, 0.15) is 12.3 Å². The number of nitrogens with one attached hydrogen (secondary N) is 1. The van der Waals surface area contributed by atoms with Gasteiger partial charge in [-0.1, -0.05) is 23.3 Å². The third-order valence-corrected chi connectivity index (χ3v) is 6.56. The Morgan fingerprint density at radius 2 is 1.79 bits per heavy atom. The van der Waals surface area contributed by atoms with Crippen LogP contribution in [-0.4, -0.2) is 36.0 Å². The maximum atomic E-state index is 12.9. The quantitative estimate of drug-likeness (QED) is 0.514. The molecule has 0 radical (unpaired) electrons. The standard InChI is InChI=1S/C19H18FN3O4S2/c20-14-6-8-15(9-7-14)28-12-10-17(24)21-19-23-22-18(27-19)11-13-29(25,26)16-4-2-1-3-5-16/h1-9H,10-13H2,(H,21,23,24). The van der Waals surface area contributed by atoms with Crippen LogP contribution in [0.5, 0.6) is 0 Å². The van der Waals surface area contributed by atoms with E-state index in [0.29, 0.717) is 5.75 Å². The molecule has 1 N–H and O–H groups in total. The number of aromatic nitrogens is 2. The first-order valence-corrected chi connectivity index (χ1v) is 11.3. The Morgan fingerprint density at radius 1 is 1.07 bits per heavy atom. The average molecular weight is 436 g/mol. The zero-order chi connectivity index (χ0) is 20.7. The number of carbonyl (C=O) groups excluding carboxylic acids is 1. The molecular formula is C19H18FN3O4S2. The first kappa shape index (κ1) is 21.0. The van der Waals surface area contributed by atoms with Gasteiger partial charge in [0.2, 0.25) is 11.8 Å². The summed E-state index contributed by atoms with van der Waals surface area (Å²) in [6.45, 7) is 0. The van der Waals surface area contributed by atoms with Gasteiger partial charge < -0.3 is 4.42 Å². The number of thioether (sulfide) groups is 1. The Balaban J connectivity index is 1.44. The van der Waals surface area contributed by atoms with Crippen LogP contribution in [0.3, 0.4) is 0 Å². The molecule has 0 saturated carbocycles. The number of aryl methyl sites for hydroxylation is 1. The molecule has 0 saturated heterocycles. The molecule has 0 bridgehead atoms. The third kappa shape index (κ3) is 6.40. The van der Waals surface area contributed by atoms with E-state index in [1.54, 1.807) is 30.3 Å². The Hall–Kier alpha value is -2.72. The number of carbonyl (C=O) groups is 1. The molecule has 1 amide bonds. The minimum Gasteiger partial charge on any atom is -0.408 e. The molecule has 3 aromatic rings. The van der Waals surface area contributed by atoms with E-state index in [2.05, 4.69) is 15.5 Å². The van der Waals surface area contributed by atoms with E-state index >= 15 is 0 Å². The first-order valence-electron chi connectivity index (χ1n) is 8.71. The van der Waals surface area contributed by atoms with Crippen LogP contribution in [0.25, 0.3) is 0 Å². The van der Waals surface area contributed by atoms with Gasteiger partial charge in [0.25, 0.3) is 0 Å². The maximum Gasteiger partial charge on any atom is 0.322 e. The summed E-state index contributed by atoms with van der Waals surface area (Å²) in [5.41, 5.74) is 0. The lowest BCUT2D eigenvalue weighted by Crippen LogP contribution is -2.12. The second-order valence-electron chi connectivity index (χ2n) is 5.98. The van der Waals surface area contributed by atoms with Crippen molar-refractivity contribution in [3.8, 4) is 0 Å². The van der Waals surface area contributed by atoms with E-state index in [9.17, 15) is 17.6 Å². The van der Waals surface area contributed by atoms with Gasteiger partial charge in [0.15, 0.2) is 9.84 Å². The molecular weight excluding hydrogens is 417 g/mol. The van der Waals surface area contributed by atoms with Crippen molar-refractivity contribution in [2.75, 3.05) is 16.8 Å². The molecule has 0 aliphatic heterocycles. The number of halogens is 1. The van der Waals surface area contributed by atoms with E-state index < -0.39 is 9.84 Å². The summed E-state index contributed by atoms with van der Waals surface area (Å²) in [6, 6.07) is 14.0. The number of hydrogen-bond donors (Lipinski definition) is 1. The van der Waals surface area contributed by atoms with Crippen LogP contribution in [0.2, 0.25) is 0 Å². The Labute approximate surface area is 171 Å². The Morgan fingerprint density at radius 3 is 2.52 bits per heavy atom. The monoisotopic (exact) mass is 435 g/mol. The van der Waals surface area contributed by atoms with Crippen LogP contribution in [0.15, 0.2) is 68.8 Å². The van der Waals surface area contributed by atoms with E-state index in [1.807, 2.05) is 0 Å². The summed E-state index contributed by atoms with van der Waals surface area (Å²) in [6.07, 6.45) is 0.239. The van der Waals surface area contributed by atoms with E-state index in [0.717, 1.165) is 4.90 Å². The first-order chi connectivity index (χ1) is 13.9. The summed E-state index contributed by atoms with van der Waals surface area (Å²) in [7, 11) is -3.45. The number of benzene rings is 2. The molecule has 0 unspecified atom stereocenters. The fraction of sp³-hybridized carbons (Fsp3) is 0.211. The summed E-state index contributed by atoms with van der Waals surface area (Å²) >= 11 is 1.42. The molecule has 3 rings (SSSR count). The van der Waals surface area contributed by atoms with E-state index in [4.69, 9.17) is 4.42 Å². The highest BCUT2D eigenvalue weighted by atomic mass is 32.2. The van der Waals surface area contributed by atoms with Gasteiger partial charge in [-0.2, -0.15) is 0 Å². The van der Waals surface area contributed by atoms with Gasteiger partial charge in [0, 0.05) is 23.5 Å². The molecule has 1 heterocycles. The lowest BCUT2D eigenvalue weighted by atomic mass is 10.4. The number of sulfone groups is 1. The highest BCUT2D eigenvalue weighted by Gasteiger charge is 2.17. The molecule has 10 heteroatoms. The van der Waals surface area contributed by atoms with Gasteiger partial charge in [-0.25, -0.2) is 12.8 Å². The second-order valence-corrected chi connectivity index (χ2v) is 9.26. The maximum absolute atomic E-state index is 12.9. The molecule has 152 valence electrons. The number of rotatable bonds is 9. The van der Waals surface area contributed by atoms with E-state index in [-0.39, 0.29) is 47.1 Å². The lowest BCUT2D eigenvalue weighted by molar-refractivity contribution is -0.115. The molecule has 29 heavy (non-hydrogen) atoms. The van der Waals surface area contributed by atoms with Crippen molar-refractivity contribution in [2.45, 2.75) is 22.6 Å². The van der Waals surface area contributed by atoms with Crippen LogP contribution < -0.4 is 5.32 Å². The van der Waals surface area contributed by atoms with E-state index in [1.165, 1.54) is 36.0 Å². The average Bonchev–Trinajstić information content (AvgIpc) is 3.16. The molecule has 2 aromatic carbocycles. The highest BCUT2D eigenvalue weighted by Crippen LogP contribution is 2.19. The van der Waals surface area contributed by atoms with Crippen molar-refractivity contribution < 1.29 is 22.0 Å². The molecule has 7 nitrogen and oxygen atoms in total. The van der Waals surface area contributed by atoms with Gasteiger partial charge >= 0.3 is 6.01 Å². The summed E-state index contributed by atoms with van der Waals surface area (Å²) < 4.78 is 42.7. The van der Waals surface area contributed by atoms with Crippen LogP contribution in [0, 0.1) is 5.82 Å². The summed E-state index contributed by atoms with van der Waals surface area (Å²) in [4.78, 5) is 13.0. The molecule has 1 aromatic heterocycles. The predicted molar refractivity (Wildman–Crippen MR) is 107 cm³/mol. The number of nitrogens with zero attached hydrogens (tertiary/aromatic N) is 2. The van der Waals surface area contributed by atoms with Gasteiger partial charge in [-0.05, 0) is 36.4 Å². The second kappa shape index (κ2) is 9.66. The Kier molecular flexibility index (Phi) is 6.99. The topological polar surface area (TPSA) is 102 Å². The fourth-order valence-corrected chi connectivity index (χ4v) is 4.45. The number of hydrogen-bond acceptors (Lipinski definition) is 7. The van der Waals surface area contributed by atoms with Crippen molar-refractivity contribution in [2.24, 2.45) is 0 Å². The van der Waals surface area contributed by atoms with Gasteiger partial charge in [-0.15, -0.1) is 16.9 Å². The number of amides is 1. The molecule has 0 aliphatic carbocycles. The minimum atomic E-state index is -3.45. The zero-order valence-electron chi connectivity index (χ0n) is 15.2. The van der Waals surface area contributed by atoms with Crippen LogP contribution >= 0.6 is 11.8 Å². The fourth-order valence-electron chi connectivity index (χ4n) is 2.35. The molecule has 0 aliphatic rings. The van der Waals surface area contributed by atoms with Crippen molar-refractivity contribution >= 4 is 33.5 Å². The van der Waals surface area contributed by atoms with Gasteiger partial charge in [-0.3, -0.25) is 10.1 Å². The minimum absolute atomic E-state index is 0.0422. The van der Waals surface area contributed by atoms with Crippen LogP contribution in [-0.2, 0) is 21.1 Å². The third-order valence-electron chi connectivity index (χ3n) is 3.81. The molecule has 0 atom stereocenters. The molecule has 0 fully saturated rings. The van der Waals surface area contributed by atoms with Gasteiger partial charge in [0.05, 0.1) is 10.6 Å². The summed E-state index contributed by atoms with van der Waals surface area (Å²) in [5, 5.41) is 9.96. The normalized spacial score (nSPS) is 11.3. The molecule has 0 spiro atoms. The van der Waals surface area contributed by atoms with Crippen molar-refractivity contribution in [1.82, 2.24) is 10.2 Å².